The molecule has 2 N–H and O–H groups in total. The quantitative estimate of drug-likeness (QED) is 0.462. The van der Waals surface area contributed by atoms with Crippen molar-refractivity contribution < 1.29 is 0 Å². The molecule has 8 heteroatoms. The molecule has 4 aromatic rings. The fourth-order valence-electron chi connectivity index (χ4n) is 4.05. The van der Waals surface area contributed by atoms with Gasteiger partial charge in [0.05, 0.1) is 0 Å². The van der Waals surface area contributed by atoms with E-state index in [0.29, 0.717) is 17.8 Å². The second-order valence-electron chi connectivity index (χ2n) is 8.56. The Hall–Kier alpha value is -3.68. The number of nitrogens with zero attached hydrogens (tertiary/aromatic N) is 6. The van der Waals surface area contributed by atoms with E-state index in [1.54, 1.807) is 6.20 Å². The van der Waals surface area contributed by atoms with Crippen molar-refractivity contribution in [2.75, 3.05) is 28.6 Å². The van der Waals surface area contributed by atoms with Crippen LogP contribution in [0.1, 0.15) is 26.3 Å². The molecule has 0 amide bonds. The van der Waals surface area contributed by atoms with Crippen LogP contribution in [0.5, 0.6) is 0 Å². The summed E-state index contributed by atoms with van der Waals surface area (Å²) in [5.41, 5.74) is 3.02. The maximum atomic E-state index is 4.83. The Labute approximate surface area is 187 Å². The SMILES string of the molecule is CCc1ccnc(Nc2nc(Nc3ccn4ccnc4c3)cc(N3CC(C)C(C)C3)n2)c1. The number of anilines is 5. The lowest BCUT2D eigenvalue weighted by atomic mass is 10.0. The highest BCUT2D eigenvalue weighted by Crippen LogP contribution is 2.30. The molecule has 8 nitrogen and oxygen atoms in total. The number of rotatable bonds is 6. The van der Waals surface area contributed by atoms with Gasteiger partial charge < -0.3 is 19.9 Å². The van der Waals surface area contributed by atoms with Crippen molar-refractivity contribution in [2.24, 2.45) is 11.8 Å². The Morgan fingerprint density at radius 3 is 2.56 bits per heavy atom. The number of nitrogens with one attached hydrogen (secondary N) is 2. The first-order chi connectivity index (χ1) is 15.6. The maximum absolute atomic E-state index is 4.83. The highest BCUT2D eigenvalue weighted by Gasteiger charge is 2.27. The highest BCUT2D eigenvalue weighted by molar-refractivity contribution is 5.66. The number of imidazole rings is 1. The van der Waals surface area contributed by atoms with Gasteiger partial charge in [-0.15, -0.1) is 0 Å². The fraction of sp³-hybridized carbons (Fsp3) is 0.333. The van der Waals surface area contributed by atoms with Crippen LogP contribution in [-0.4, -0.2) is 37.4 Å². The molecular weight excluding hydrogens is 400 g/mol. The van der Waals surface area contributed by atoms with Gasteiger partial charge in [-0.1, -0.05) is 20.8 Å². The fourth-order valence-corrected chi connectivity index (χ4v) is 4.05. The maximum Gasteiger partial charge on any atom is 0.232 e. The summed E-state index contributed by atoms with van der Waals surface area (Å²) in [6, 6.07) is 10.1. The van der Waals surface area contributed by atoms with Crippen LogP contribution in [0.2, 0.25) is 0 Å². The summed E-state index contributed by atoms with van der Waals surface area (Å²) in [4.78, 5) is 20.7. The minimum Gasteiger partial charge on any atom is -0.356 e. The summed E-state index contributed by atoms with van der Waals surface area (Å²) in [5, 5.41) is 6.73. The highest BCUT2D eigenvalue weighted by atomic mass is 15.3. The monoisotopic (exact) mass is 428 g/mol. The van der Waals surface area contributed by atoms with E-state index in [9.17, 15) is 0 Å². The van der Waals surface area contributed by atoms with Crippen LogP contribution in [-0.2, 0) is 6.42 Å². The number of pyridine rings is 2. The van der Waals surface area contributed by atoms with E-state index in [-0.39, 0.29) is 0 Å². The molecule has 0 aliphatic carbocycles. The van der Waals surface area contributed by atoms with Crippen molar-refractivity contribution in [3.8, 4) is 0 Å². The second kappa shape index (κ2) is 8.45. The van der Waals surface area contributed by atoms with Crippen molar-refractivity contribution in [3.63, 3.8) is 0 Å². The number of hydrogen-bond acceptors (Lipinski definition) is 7. The first-order valence-corrected chi connectivity index (χ1v) is 11.1. The zero-order valence-corrected chi connectivity index (χ0v) is 18.7. The van der Waals surface area contributed by atoms with Gasteiger partial charge in [0.15, 0.2) is 0 Å². The molecule has 1 aliphatic heterocycles. The van der Waals surface area contributed by atoms with Crippen molar-refractivity contribution in [3.05, 3.63) is 60.7 Å². The molecule has 1 fully saturated rings. The van der Waals surface area contributed by atoms with Crippen LogP contribution in [0.3, 0.4) is 0 Å². The molecule has 5 rings (SSSR count). The van der Waals surface area contributed by atoms with Crippen LogP contribution >= 0.6 is 0 Å². The van der Waals surface area contributed by atoms with Gasteiger partial charge in [-0.3, -0.25) is 0 Å². The molecule has 0 bridgehead atoms. The van der Waals surface area contributed by atoms with E-state index in [1.807, 2.05) is 53.3 Å². The van der Waals surface area contributed by atoms with Gasteiger partial charge in [0.2, 0.25) is 5.95 Å². The van der Waals surface area contributed by atoms with Crippen LogP contribution in [0.25, 0.3) is 5.65 Å². The average molecular weight is 429 g/mol. The third kappa shape index (κ3) is 4.21. The Morgan fingerprint density at radius 1 is 0.906 bits per heavy atom. The first kappa shape index (κ1) is 20.2. The van der Waals surface area contributed by atoms with E-state index in [4.69, 9.17) is 9.97 Å². The summed E-state index contributed by atoms with van der Waals surface area (Å²) < 4.78 is 1.98. The van der Waals surface area contributed by atoms with E-state index in [1.165, 1.54) is 5.56 Å². The van der Waals surface area contributed by atoms with Crippen molar-refractivity contribution in [2.45, 2.75) is 27.2 Å². The lowest BCUT2D eigenvalue weighted by Crippen LogP contribution is -2.21. The molecule has 0 radical (unpaired) electrons. The van der Waals surface area contributed by atoms with Gasteiger partial charge in [-0.2, -0.15) is 9.97 Å². The topological polar surface area (TPSA) is 83.3 Å². The van der Waals surface area contributed by atoms with Gasteiger partial charge in [-0.25, -0.2) is 9.97 Å². The molecule has 1 saturated heterocycles. The molecule has 0 spiro atoms. The lowest BCUT2D eigenvalue weighted by Gasteiger charge is -2.19. The third-order valence-corrected chi connectivity index (χ3v) is 6.17. The van der Waals surface area contributed by atoms with Crippen LogP contribution in [0.15, 0.2) is 55.1 Å². The summed E-state index contributed by atoms with van der Waals surface area (Å²) in [7, 11) is 0. The zero-order valence-electron chi connectivity index (χ0n) is 18.7. The van der Waals surface area contributed by atoms with Gasteiger partial charge in [0, 0.05) is 55.7 Å². The van der Waals surface area contributed by atoms with Gasteiger partial charge >= 0.3 is 0 Å². The molecule has 0 saturated carbocycles. The van der Waals surface area contributed by atoms with Crippen LogP contribution < -0.4 is 15.5 Å². The van der Waals surface area contributed by atoms with Crippen molar-refractivity contribution >= 4 is 34.7 Å². The normalized spacial score (nSPS) is 18.3. The third-order valence-electron chi connectivity index (χ3n) is 6.17. The molecule has 5 heterocycles. The Balaban J connectivity index is 1.48. The molecule has 1 aliphatic rings. The molecular formula is C24H28N8. The molecule has 164 valence electrons. The molecule has 4 aromatic heterocycles. The number of fused-ring (bicyclic) bond motifs is 1. The van der Waals surface area contributed by atoms with E-state index in [2.05, 4.69) is 46.3 Å². The Morgan fingerprint density at radius 2 is 1.75 bits per heavy atom. The summed E-state index contributed by atoms with van der Waals surface area (Å²) in [6.45, 7) is 8.69. The van der Waals surface area contributed by atoms with Crippen molar-refractivity contribution in [1.82, 2.24) is 24.3 Å². The molecule has 2 atom stereocenters. The first-order valence-electron chi connectivity index (χ1n) is 11.1. The van der Waals surface area contributed by atoms with Gasteiger partial charge in [-0.05, 0) is 42.0 Å². The summed E-state index contributed by atoms with van der Waals surface area (Å²) in [5.74, 6) is 4.17. The average Bonchev–Trinajstić information content (AvgIpc) is 3.39. The second-order valence-corrected chi connectivity index (χ2v) is 8.56. The van der Waals surface area contributed by atoms with E-state index in [0.717, 1.165) is 48.3 Å². The predicted molar refractivity (Wildman–Crippen MR) is 128 cm³/mol. The van der Waals surface area contributed by atoms with Crippen LogP contribution in [0.4, 0.5) is 29.1 Å². The van der Waals surface area contributed by atoms with Crippen LogP contribution in [0, 0.1) is 11.8 Å². The summed E-state index contributed by atoms with van der Waals surface area (Å²) in [6.07, 6.45) is 8.46. The van der Waals surface area contributed by atoms with E-state index >= 15 is 0 Å². The largest absolute Gasteiger partial charge is 0.356 e. The van der Waals surface area contributed by atoms with E-state index < -0.39 is 0 Å². The van der Waals surface area contributed by atoms with Gasteiger partial charge in [0.25, 0.3) is 0 Å². The minimum absolute atomic E-state index is 0.528. The molecule has 0 aromatic carbocycles. The zero-order chi connectivity index (χ0) is 22.1. The minimum atomic E-state index is 0.528. The number of hydrogen-bond donors (Lipinski definition) is 2. The summed E-state index contributed by atoms with van der Waals surface area (Å²) >= 11 is 0. The Kier molecular flexibility index (Phi) is 5.34. The van der Waals surface area contributed by atoms with Crippen molar-refractivity contribution in [1.29, 1.82) is 0 Å². The smallest absolute Gasteiger partial charge is 0.232 e. The number of aryl methyl sites for hydroxylation is 1. The predicted octanol–water partition coefficient (Wildman–Crippen LogP) is 4.66. The standard InChI is InChI=1S/C24H28N8/c1-4-18-5-7-25-20(11-18)28-24-29-21(13-23(30-24)32-14-16(2)17(3)15-32)27-19-6-9-31-10-8-26-22(31)12-19/h5-13,16-17H,4,14-15H2,1-3H3,(H2,25,27,28,29,30). The molecule has 2 unspecified atom stereocenters. The lowest BCUT2D eigenvalue weighted by molar-refractivity contribution is 0.494. The van der Waals surface area contributed by atoms with Gasteiger partial charge in [0.1, 0.15) is 23.1 Å². The Bertz CT molecular complexity index is 1220. The molecule has 32 heavy (non-hydrogen) atoms. The number of aromatic nitrogens is 5.